The van der Waals surface area contributed by atoms with Crippen molar-refractivity contribution in [3.8, 4) is 0 Å². The number of ether oxygens (including phenoxy) is 1. The molecule has 2 heteroatoms. The summed E-state index contributed by atoms with van der Waals surface area (Å²) in [6.45, 7) is 5.19. The third-order valence-electron chi connectivity index (χ3n) is 0.407. The lowest BCUT2D eigenvalue weighted by atomic mass is 10.7. The first-order valence-electron chi connectivity index (χ1n) is 1.99. The molecule has 0 aromatic heterocycles. The van der Waals surface area contributed by atoms with Gasteiger partial charge in [-0.1, -0.05) is 0 Å². The van der Waals surface area contributed by atoms with Gasteiger partial charge in [0, 0.05) is 13.2 Å². The average Bonchev–Trinajstić information content (AvgIpc) is 1.61. The van der Waals surface area contributed by atoms with E-state index in [0.717, 1.165) is 0 Å². The van der Waals surface area contributed by atoms with Crippen molar-refractivity contribution in [1.29, 1.82) is 0 Å². The minimum Gasteiger partial charge on any atom is -0.380 e. The van der Waals surface area contributed by atoms with Crippen LogP contribution < -0.4 is 5.73 Å². The number of hydrogen-bond donors (Lipinski definition) is 1. The summed E-state index contributed by atoms with van der Waals surface area (Å²) in [6, 6.07) is 0. The summed E-state index contributed by atoms with van der Waals surface area (Å²) in [4.78, 5) is 0. The fourth-order valence-corrected chi connectivity index (χ4v) is 0.185. The maximum Gasteiger partial charge on any atom is 0.0588 e. The molecule has 0 saturated heterocycles. The molecular weight excluding hydrogens is 78.0 g/mol. The Hall–Kier alpha value is -0.0800. The molecular formula is C4H10NO. The Balaban J connectivity index is 2.34. The standard InChI is InChI=1S/C4H10NO/c1-2-6-4-3-5/h1-5H2. The Labute approximate surface area is 38.3 Å². The van der Waals surface area contributed by atoms with Gasteiger partial charge in [0.05, 0.1) is 6.61 Å². The van der Waals surface area contributed by atoms with E-state index in [1.54, 1.807) is 0 Å². The van der Waals surface area contributed by atoms with E-state index in [4.69, 9.17) is 10.5 Å². The van der Waals surface area contributed by atoms with Crippen LogP contribution in [0, 0.1) is 6.92 Å². The van der Waals surface area contributed by atoms with E-state index in [2.05, 4.69) is 6.92 Å². The second-order valence-corrected chi connectivity index (χ2v) is 0.901. The molecule has 6 heavy (non-hydrogen) atoms. The van der Waals surface area contributed by atoms with Gasteiger partial charge in [-0.15, -0.1) is 0 Å². The van der Waals surface area contributed by atoms with E-state index in [1.807, 2.05) is 0 Å². The second kappa shape index (κ2) is 4.92. The van der Waals surface area contributed by atoms with Crippen LogP contribution in [0.5, 0.6) is 0 Å². The van der Waals surface area contributed by atoms with Crippen molar-refractivity contribution in [1.82, 2.24) is 0 Å². The molecule has 0 heterocycles. The molecule has 0 aromatic rings. The second-order valence-electron chi connectivity index (χ2n) is 0.901. The largest absolute Gasteiger partial charge is 0.380 e. The molecule has 0 aliphatic heterocycles. The summed E-state index contributed by atoms with van der Waals surface area (Å²) in [5.74, 6) is 0. The van der Waals surface area contributed by atoms with Crippen LogP contribution in [0.3, 0.4) is 0 Å². The van der Waals surface area contributed by atoms with E-state index in [-0.39, 0.29) is 0 Å². The van der Waals surface area contributed by atoms with Crippen LogP contribution in [0.4, 0.5) is 0 Å². The van der Waals surface area contributed by atoms with Crippen molar-refractivity contribution < 1.29 is 4.74 Å². The maximum atomic E-state index is 5.06. The fourth-order valence-electron chi connectivity index (χ4n) is 0.185. The summed E-state index contributed by atoms with van der Waals surface area (Å²) in [6.07, 6.45) is 0. The number of nitrogens with two attached hydrogens (primary N) is 1. The normalized spacial score (nSPS) is 9.00. The van der Waals surface area contributed by atoms with Gasteiger partial charge in [-0.3, -0.25) is 0 Å². The van der Waals surface area contributed by atoms with Gasteiger partial charge in [-0.2, -0.15) is 0 Å². The lowest BCUT2D eigenvalue weighted by molar-refractivity contribution is 0.169. The van der Waals surface area contributed by atoms with E-state index in [9.17, 15) is 0 Å². The zero-order valence-corrected chi connectivity index (χ0v) is 3.81. The topological polar surface area (TPSA) is 35.2 Å². The zero-order valence-electron chi connectivity index (χ0n) is 3.81. The van der Waals surface area contributed by atoms with E-state index < -0.39 is 0 Å². The van der Waals surface area contributed by atoms with Crippen LogP contribution in [0.25, 0.3) is 0 Å². The smallest absolute Gasteiger partial charge is 0.0588 e. The lowest BCUT2D eigenvalue weighted by Crippen LogP contribution is -2.07. The van der Waals surface area contributed by atoms with Crippen molar-refractivity contribution in [3.63, 3.8) is 0 Å². The SMILES string of the molecule is [CH2]COCCN. The van der Waals surface area contributed by atoms with E-state index >= 15 is 0 Å². The third-order valence-corrected chi connectivity index (χ3v) is 0.407. The third kappa shape index (κ3) is 3.92. The van der Waals surface area contributed by atoms with Gasteiger partial charge in [0.25, 0.3) is 0 Å². The molecule has 0 bridgehead atoms. The fraction of sp³-hybridized carbons (Fsp3) is 0.750. The first-order valence-corrected chi connectivity index (χ1v) is 1.99. The molecule has 0 amide bonds. The van der Waals surface area contributed by atoms with Crippen LogP contribution in [0.15, 0.2) is 0 Å². The van der Waals surface area contributed by atoms with Crippen molar-refractivity contribution >= 4 is 0 Å². The highest BCUT2D eigenvalue weighted by atomic mass is 16.5. The summed E-state index contributed by atoms with van der Waals surface area (Å²) in [5, 5.41) is 0. The molecule has 37 valence electrons. The minimum absolute atomic E-state index is 0.525. The highest BCUT2D eigenvalue weighted by molar-refractivity contribution is 4.31. The van der Waals surface area contributed by atoms with Crippen LogP contribution >= 0.6 is 0 Å². The highest BCUT2D eigenvalue weighted by Gasteiger charge is 1.72. The number of hydrogen-bond acceptors (Lipinski definition) is 2. The summed E-state index contributed by atoms with van der Waals surface area (Å²) < 4.78 is 4.75. The zero-order chi connectivity index (χ0) is 4.83. The van der Waals surface area contributed by atoms with Gasteiger partial charge in [0.2, 0.25) is 0 Å². The van der Waals surface area contributed by atoms with Crippen molar-refractivity contribution in [2.75, 3.05) is 19.8 Å². The highest BCUT2D eigenvalue weighted by Crippen LogP contribution is 1.64. The van der Waals surface area contributed by atoms with Crippen molar-refractivity contribution in [3.05, 3.63) is 6.92 Å². The monoisotopic (exact) mass is 88.1 g/mol. The molecule has 2 nitrogen and oxygen atoms in total. The van der Waals surface area contributed by atoms with Gasteiger partial charge >= 0.3 is 0 Å². The first-order chi connectivity index (χ1) is 2.91. The molecule has 0 atom stereocenters. The van der Waals surface area contributed by atoms with Gasteiger partial charge in [0.1, 0.15) is 0 Å². The summed E-state index contributed by atoms with van der Waals surface area (Å²) in [7, 11) is 0. The maximum absolute atomic E-state index is 5.06. The molecule has 0 aliphatic carbocycles. The molecule has 0 saturated carbocycles. The molecule has 2 N–H and O–H groups in total. The molecule has 0 aliphatic rings. The molecule has 0 rings (SSSR count). The average molecular weight is 88.1 g/mol. The van der Waals surface area contributed by atoms with Crippen molar-refractivity contribution in [2.24, 2.45) is 5.73 Å². The van der Waals surface area contributed by atoms with Gasteiger partial charge < -0.3 is 10.5 Å². The molecule has 1 radical (unpaired) electrons. The van der Waals surface area contributed by atoms with Crippen molar-refractivity contribution in [2.45, 2.75) is 0 Å². The first kappa shape index (κ1) is 5.92. The van der Waals surface area contributed by atoms with E-state index in [1.165, 1.54) is 0 Å². The molecule has 0 fully saturated rings. The Bertz CT molecular complexity index is 19.5. The van der Waals surface area contributed by atoms with Gasteiger partial charge in [0.15, 0.2) is 0 Å². The Morgan fingerprint density at radius 3 is 2.50 bits per heavy atom. The summed E-state index contributed by atoms with van der Waals surface area (Å²) in [5.41, 5.74) is 5.06. The predicted octanol–water partition coefficient (Wildman–Crippen LogP) is -0.204. The predicted molar refractivity (Wildman–Crippen MR) is 25.2 cm³/mol. The Morgan fingerprint density at radius 1 is 1.67 bits per heavy atom. The lowest BCUT2D eigenvalue weighted by Gasteiger charge is -1.91. The van der Waals surface area contributed by atoms with E-state index in [0.29, 0.717) is 19.8 Å². The summed E-state index contributed by atoms with van der Waals surface area (Å²) >= 11 is 0. The quantitative estimate of drug-likeness (QED) is 0.485. The van der Waals surface area contributed by atoms with Crippen LogP contribution in [0.1, 0.15) is 0 Å². The Kier molecular flexibility index (Phi) is 4.85. The minimum atomic E-state index is 0.525. The van der Waals surface area contributed by atoms with Crippen LogP contribution in [0.2, 0.25) is 0 Å². The molecule has 0 spiro atoms. The van der Waals surface area contributed by atoms with Crippen LogP contribution in [-0.2, 0) is 4.74 Å². The molecule has 0 aromatic carbocycles. The number of rotatable bonds is 3. The van der Waals surface area contributed by atoms with Crippen LogP contribution in [-0.4, -0.2) is 19.8 Å². The van der Waals surface area contributed by atoms with Gasteiger partial charge in [-0.05, 0) is 6.92 Å². The Morgan fingerprint density at radius 2 is 2.33 bits per heavy atom. The molecule has 0 unspecified atom stereocenters. The van der Waals surface area contributed by atoms with Gasteiger partial charge in [-0.25, -0.2) is 0 Å².